The largest absolute Gasteiger partial charge is 2.00 e. The first-order valence-corrected chi connectivity index (χ1v) is 1.68. The van der Waals surface area contributed by atoms with Crippen LogP contribution in [0.25, 0.3) is 0 Å². The third-order valence-corrected chi connectivity index (χ3v) is 0.445. The van der Waals surface area contributed by atoms with E-state index in [0.29, 0.717) is 0 Å². The zero-order chi connectivity index (χ0) is 5.86. The molecule has 0 aromatic carbocycles. The van der Waals surface area contributed by atoms with Gasteiger partial charge >= 0.3 is 37.7 Å². The third-order valence-electron chi connectivity index (χ3n) is 0.445. The Morgan fingerprint density at radius 1 is 1.67 bits per heavy atom. The van der Waals surface area contributed by atoms with Crippen LogP contribution in [-0.4, -0.2) is 72.1 Å². The molecular weight excluding hydrogens is 156 g/mol. The van der Waals surface area contributed by atoms with Gasteiger partial charge in [0.15, 0.2) is 0 Å². The molecule has 0 fully saturated rings. The molecule has 0 aliphatic rings. The van der Waals surface area contributed by atoms with Crippen LogP contribution in [0.1, 0.15) is 0 Å². The maximum Gasteiger partial charge on any atom is 2.00 e. The molecule has 9 heavy (non-hydrogen) atoms. The van der Waals surface area contributed by atoms with Gasteiger partial charge in [0.05, 0.1) is 12.6 Å². The molecule has 0 aliphatic heterocycles. The number of carbonyl (C=O) groups excluding carboxylic acids is 1. The maximum absolute atomic E-state index is 9.41. The summed E-state index contributed by atoms with van der Waals surface area (Å²) in [6.07, 6.45) is -1.74. The van der Waals surface area contributed by atoms with Gasteiger partial charge in [-0.1, -0.05) is 0 Å². The Balaban J connectivity index is -0.000000180. The molecule has 4 N–H and O–H groups in total. The summed E-state index contributed by atoms with van der Waals surface area (Å²) in [5.41, 5.74) is 0. The summed E-state index contributed by atoms with van der Waals surface area (Å²) in [6, 6.07) is 0. The van der Waals surface area contributed by atoms with Gasteiger partial charge in [-0.3, -0.25) is 0 Å². The van der Waals surface area contributed by atoms with Gasteiger partial charge in [-0.15, -0.1) is 0 Å². The summed E-state index contributed by atoms with van der Waals surface area (Å²) in [5, 5.41) is 25.3. The summed E-state index contributed by atoms with van der Waals surface area (Å²) in [7, 11) is 0. The van der Waals surface area contributed by atoms with Crippen molar-refractivity contribution in [1.29, 1.82) is 0 Å². The number of hydrogen-bond donors (Lipinski definition) is 2. The van der Waals surface area contributed by atoms with E-state index in [2.05, 4.69) is 0 Å². The third kappa shape index (κ3) is 8.61. The monoisotopic (exact) mass is 163 g/mol. The first-order valence-electron chi connectivity index (χ1n) is 1.68. The molecule has 6 heteroatoms. The molecule has 0 aromatic heterocycles. The summed E-state index contributed by atoms with van der Waals surface area (Å²) < 4.78 is 0. The number of carbonyl (C=O) groups is 1. The molecule has 0 heterocycles. The summed E-state index contributed by atoms with van der Waals surface area (Å²) >= 11 is 0. The molecule has 0 rings (SSSR count). The Labute approximate surface area is 81.6 Å². The van der Waals surface area contributed by atoms with Crippen LogP contribution in [-0.2, 0) is 4.79 Å². The zero-order valence-corrected chi connectivity index (χ0v) is 6.91. The van der Waals surface area contributed by atoms with Gasteiger partial charge in [-0.05, 0) is 0 Å². The number of aliphatic carboxylic acids is 1. The van der Waals surface area contributed by atoms with E-state index in [4.69, 9.17) is 10.2 Å². The first-order chi connectivity index (χ1) is 3.18. The molecule has 0 aromatic rings. The number of hydrogen-bond acceptors (Lipinski definition) is 4. The smallest absolute Gasteiger partial charge is 0.547 e. The summed E-state index contributed by atoms with van der Waals surface area (Å²) in [5.74, 6) is -1.65. The van der Waals surface area contributed by atoms with Crippen LogP contribution in [0.2, 0.25) is 0 Å². The van der Waals surface area contributed by atoms with Crippen molar-refractivity contribution in [3.63, 3.8) is 0 Å². The fourth-order valence-corrected chi connectivity index (χ4v) is 0.0745. The van der Waals surface area contributed by atoms with Crippen molar-refractivity contribution in [3.05, 3.63) is 0 Å². The van der Waals surface area contributed by atoms with E-state index >= 15 is 0 Å². The van der Waals surface area contributed by atoms with Gasteiger partial charge in [-0.2, -0.15) is 0 Å². The van der Waals surface area contributed by atoms with Crippen molar-refractivity contribution in [2.75, 3.05) is 6.61 Å². The predicted octanol–water partition coefficient (Wildman–Crippen LogP) is -4.12. The molecule has 5 nitrogen and oxygen atoms in total. The molecule has 0 aliphatic carbocycles. The molecule has 0 bridgehead atoms. The molecule has 0 spiro atoms. The fraction of sp³-hybridized carbons (Fsp3) is 0.667. The number of aliphatic hydroxyl groups excluding tert-OH is 2. The van der Waals surface area contributed by atoms with E-state index in [1.54, 1.807) is 0 Å². The minimum atomic E-state index is -1.74. The van der Waals surface area contributed by atoms with Crippen LogP contribution >= 0.6 is 0 Å². The SMILES string of the molecule is O.O=C([O-])[C@@H](O)CO.[Ca+2]. The van der Waals surface area contributed by atoms with E-state index < -0.39 is 18.7 Å². The number of rotatable bonds is 2. The Morgan fingerprint density at radius 2 is 2.00 bits per heavy atom. The minimum absolute atomic E-state index is 0. The van der Waals surface area contributed by atoms with E-state index in [1.165, 1.54) is 0 Å². The van der Waals surface area contributed by atoms with E-state index in [1.807, 2.05) is 0 Å². The number of aliphatic hydroxyl groups is 2. The molecular formula is C3H7CaO5+. The molecule has 50 valence electrons. The normalized spacial score (nSPS) is 10.4. The van der Waals surface area contributed by atoms with Crippen LogP contribution in [0.3, 0.4) is 0 Å². The van der Waals surface area contributed by atoms with Gasteiger partial charge in [0, 0.05) is 0 Å². The Morgan fingerprint density at radius 3 is 2.00 bits per heavy atom. The van der Waals surface area contributed by atoms with Crippen molar-refractivity contribution in [2.24, 2.45) is 0 Å². The van der Waals surface area contributed by atoms with Crippen molar-refractivity contribution in [2.45, 2.75) is 6.10 Å². The van der Waals surface area contributed by atoms with Crippen LogP contribution in [0, 0.1) is 0 Å². The van der Waals surface area contributed by atoms with E-state index in [0.717, 1.165) is 0 Å². The second-order valence-electron chi connectivity index (χ2n) is 1.02. The molecule has 1 atom stereocenters. The van der Waals surface area contributed by atoms with Crippen LogP contribution in [0.4, 0.5) is 0 Å². The molecule has 0 radical (unpaired) electrons. The minimum Gasteiger partial charge on any atom is -0.547 e. The van der Waals surface area contributed by atoms with Gasteiger partial charge < -0.3 is 25.6 Å². The maximum atomic E-state index is 9.41. The average molecular weight is 163 g/mol. The quantitative estimate of drug-likeness (QED) is 0.403. The predicted molar refractivity (Wildman–Crippen MR) is 27.5 cm³/mol. The van der Waals surface area contributed by atoms with E-state index in [9.17, 15) is 9.90 Å². The molecule has 0 amide bonds. The number of carboxylic acids is 1. The summed E-state index contributed by atoms with van der Waals surface area (Å²) in [6.45, 7) is -0.789. The van der Waals surface area contributed by atoms with Crippen molar-refractivity contribution < 1.29 is 25.6 Å². The Hall–Kier alpha value is 0.610. The van der Waals surface area contributed by atoms with E-state index in [-0.39, 0.29) is 43.2 Å². The van der Waals surface area contributed by atoms with Gasteiger partial charge in [0.2, 0.25) is 0 Å². The second-order valence-corrected chi connectivity index (χ2v) is 1.02. The van der Waals surface area contributed by atoms with Crippen LogP contribution < -0.4 is 5.11 Å². The summed E-state index contributed by atoms with van der Waals surface area (Å²) in [4.78, 5) is 9.41. The second kappa shape index (κ2) is 8.61. The van der Waals surface area contributed by atoms with Crippen molar-refractivity contribution >= 4 is 43.7 Å². The van der Waals surface area contributed by atoms with Gasteiger partial charge in [0.25, 0.3) is 0 Å². The molecule has 0 saturated carbocycles. The zero-order valence-electron chi connectivity index (χ0n) is 4.70. The standard InChI is InChI=1S/C3H6O4.Ca.H2O/c4-1-2(5)3(6)7;;/h2,4-5H,1H2,(H,6,7);;1H2/q;+2;/p-1/t2-;;/m0../s1. The molecule has 0 unspecified atom stereocenters. The van der Waals surface area contributed by atoms with Crippen molar-refractivity contribution in [3.8, 4) is 0 Å². The Kier molecular flexibility index (Phi) is 15.6. The van der Waals surface area contributed by atoms with Gasteiger partial charge in [0.1, 0.15) is 6.10 Å². The van der Waals surface area contributed by atoms with Gasteiger partial charge in [-0.25, -0.2) is 0 Å². The Bertz CT molecular complexity index is 74.6. The topological polar surface area (TPSA) is 112 Å². The fourth-order valence-electron chi connectivity index (χ4n) is 0.0745. The van der Waals surface area contributed by atoms with Crippen LogP contribution in [0.5, 0.6) is 0 Å². The van der Waals surface area contributed by atoms with Crippen molar-refractivity contribution in [1.82, 2.24) is 0 Å². The number of carboxylic acid groups (broad SMARTS) is 1. The first kappa shape index (κ1) is 16.3. The average Bonchev–Trinajstić information content (AvgIpc) is 1.65. The molecule has 0 saturated heterocycles. The van der Waals surface area contributed by atoms with Crippen LogP contribution in [0.15, 0.2) is 0 Å².